The monoisotopic (exact) mass is 289 g/mol. The van der Waals surface area contributed by atoms with E-state index in [0.717, 1.165) is 36.2 Å². The summed E-state index contributed by atoms with van der Waals surface area (Å²) in [6.45, 7) is 7.08. The topological polar surface area (TPSA) is 29.9 Å². The fourth-order valence-corrected chi connectivity index (χ4v) is 2.69. The van der Waals surface area contributed by atoms with Gasteiger partial charge in [-0.3, -0.25) is 4.68 Å². The number of likely N-dealkylation sites (N-methyl/N-ethyl adjacent to an activating group) is 1. The maximum atomic E-state index is 13.5. The smallest absolute Gasteiger partial charge is 0.123 e. The summed E-state index contributed by atoms with van der Waals surface area (Å²) in [7, 11) is 1.92. The molecule has 0 saturated heterocycles. The van der Waals surface area contributed by atoms with Crippen LogP contribution in [0.4, 0.5) is 4.39 Å². The summed E-state index contributed by atoms with van der Waals surface area (Å²) in [4.78, 5) is 0. The Labute approximate surface area is 126 Å². The van der Waals surface area contributed by atoms with E-state index in [9.17, 15) is 4.39 Å². The third kappa shape index (κ3) is 3.50. The lowest BCUT2D eigenvalue weighted by Crippen LogP contribution is -2.21. The number of halogens is 1. The molecule has 2 rings (SSSR count). The van der Waals surface area contributed by atoms with E-state index in [1.165, 1.54) is 11.8 Å². The number of hydrogen-bond acceptors (Lipinski definition) is 2. The maximum Gasteiger partial charge on any atom is 0.123 e. The Bertz CT molecular complexity index is 604. The van der Waals surface area contributed by atoms with Gasteiger partial charge in [0, 0.05) is 24.7 Å². The zero-order valence-corrected chi connectivity index (χ0v) is 13.3. The number of nitrogens with zero attached hydrogens (tertiary/aromatic N) is 2. The van der Waals surface area contributed by atoms with Crippen LogP contribution < -0.4 is 5.32 Å². The number of nitrogens with one attached hydrogen (secondary N) is 1. The average molecular weight is 289 g/mol. The molecule has 0 saturated carbocycles. The lowest BCUT2D eigenvalue weighted by molar-refractivity contribution is 0.534. The molecule has 0 spiro atoms. The van der Waals surface area contributed by atoms with E-state index >= 15 is 0 Å². The Kier molecular flexibility index (Phi) is 5.12. The minimum atomic E-state index is -0.186. The molecule has 0 amide bonds. The van der Waals surface area contributed by atoms with Gasteiger partial charge in [0.25, 0.3) is 0 Å². The summed E-state index contributed by atoms with van der Waals surface area (Å²) in [6.07, 6.45) is 1.74. The van der Waals surface area contributed by atoms with Gasteiger partial charge >= 0.3 is 0 Å². The molecule has 3 nitrogen and oxygen atoms in total. The van der Waals surface area contributed by atoms with Crippen molar-refractivity contribution < 1.29 is 4.39 Å². The van der Waals surface area contributed by atoms with Crippen molar-refractivity contribution in [2.24, 2.45) is 0 Å². The molecular formula is C17H24FN3. The molecule has 0 aliphatic heterocycles. The molecule has 0 fully saturated rings. The van der Waals surface area contributed by atoms with Crippen molar-refractivity contribution in [3.63, 3.8) is 0 Å². The van der Waals surface area contributed by atoms with Crippen LogP contribution in [0.5, 0.6) is 0 Å². The number of aromatic nitrogens is 2. The Balaban J connectivity index is 2.30. The van der Waals surface area contributed by atoms with Crippen molar-refractivity contribution in [3.05, 3.63) is 52.6 Å². The van der Waals surface area contributed by atoms with Crippen molar-refractivity contribution in [1.82, 2.24) is 15.1 Å². The van der Waals surface area contributed by atoms with Crippen LogP contribution in [0.3, 0.4) is 0 Å². The summed E-state index contributed by atoms with van der Waals surface area (Å²) >= 11 is 0. The van der Waals surface area contributed by atoms with Crippen molar-refractivity contribution in [2.45, 2.75) is 46.2 Å². The van der Waals surface area contributed by atoms with Crippen LogP contribution in [0, 0.1) is 12.7 Å². The van der Waals surface area contributed by atoms with Gasteiger partial charge in [0.15, 0.2) is 0 Å². The molecule has 1 atom stereocenters. The third-order valence-corrected chi connectivity index (χ3v) is 3.95. The van der Waals surface area contributed by atoms with Crippen molar-refractivity contribution >= 4 is 0 Å². The second kappa shape index (κ2) is 6.85. The van der Waals surface area contributed by atoms with Crippen LogP contribution in [0.15, 0.2) is 24.3 Å². The SMILES string of the molecule is CCc1cc(CC(NC)c2cc(F)ccc2C)n(CC)n1. The minimum Gasteiger partial charge on any atom is -0.313 e. The predicted molar refractivity (Wildman–Crippen MR) is 83.9 cm³/mol. The number of aryl methyl sites for hydroxylation is 3. The quantitative estimate of drug-likeness (QED) is 0.883. The Morgan fingerprint density at radius 2 is 2.05 bits per heavy atom. The van der Waals surface area contributed by atoms with Gasteiger partial charge in [0.2, 0.25) is 0 Å². The zero-order valence-electron chi connectivity index (χ0n) is 13.3. The molecule has 2 aromatic rings. The number of hydrogen-bond donors (Lipinski definition) is 1. The molecule has 1 unspecified atom stereocenters. The summed E-state index contributed by atoms with van der Waals surface area (Å²) < 4.78 is 15.6. The summed E-state index contributed by atoms with van der Waals surface area (Å²) in [6, 6.07) is 7.22. The van der Waals surface area contributed by atoms with Crippen LogP contribution in [0.25, 0.3) is 0 Å². The lowest BCUT2D eigenvalue weighted by Gasteiger charge is -2.19. The fourth-order valence-electron chi connectivity index (χ4n) is 2.69. The number of rotatable bonds is 6. The normalized spacial score (nSPS) is 12.6. The van der Waals surface area contributed by atoms with Gasteiger partial charge in [-0.1, -0.05) is 13.0 Å². The molecule has 0 radical (unpaired) electrons. The molecule has 21 heavy (non-hydrogen) atoms. The van der Waals surface area contributed by atoms with E-state index in [1.54, 1.807) is 6.07 Å². The fraction of sp³-hybridized carbons (Fsp3) is 0.471. The highest BCUT2D eigenvalue weighted by atomic mass is 19.1. The molecule has 1 heterocycles. The van der Waals surface area contributed by atoms with E-state index in [0.29, 0.717) is 0 Å². The van der Waals surface area contributed by atoms with Crippen LogP contribution in [0.1, 0.15) is 42.4 Å². The Morgan fingerprint density at radius 3 is 2.67 bits per heavy atom. The van der Waals surface area contributed by atoms with Gasteiger partial charge < -0.3 is 5.32 Å². The van der Waals surface area contributed by atoms with E-state index in [2.05, 4.69) is 30.3 Å². The highest BCUT2D eigenvalue weighted by Crippen LogP contribution is 2.23. The van der Waals surface area contributed by atoms with Crippen molar-refractivity contribution in [3.8, 4) is 0 Å². The first-order valence-corrected chi connectivity index (χ1v) is 7.57. The Hall–Kier alpha value is -1.68. The van der Waals surface area contributed by atoms with E-state index < -0.39 is 0 Å². The van der Waals surface area contributed by atoms with Crippen LogP contribution >= 0.6 is 0 Å². The van der Waals surface area contributed by atoms with Gasteiger partial charge in [-0.15, -0.1) is 0 Å². The molecule has 4 heteroatoms. The molecule has 1 aromatic heterocycles. The third-order valence-electron chi connectivity index (χ3n) is 3.95. The molecule has 0 aliphatic rings. The summed E-state index contributed by atoms with van der Waals surface area (Å²) in [5.74, 6) is -0.186. The minimum absolute atomic E-state index is 0.0902. The van der Waals surface area contributed by atoms with Crippen LogP contribution in [-0.2, 0) is 19.4 Å². The molecule has 0 bridgehead atoms. The molecule has 1 N–H and O–H groups in total. The molecule has 114 valence electrons. The average Bonchev–Trinajstić information content (AvgIpc) is 2.89. The summed E-state index contributed by atoms with van der Waals surface area (Å²) in [5, 5.41) is 7.89. The molecular weight excluding hydrogens is 265 g/mol. The largest absolute Gasteiger partial charge is 0.313 e. The highest BCUT2D eigenvalue weighted by Gasteiger charge is 2.16. The lowest BCUT2D eigenvalue weighted by atomic mass is 9.97. The van der Waals surface area contributed by atoms with Crippen molar-refractivity contribution in [2.75, 3.05) is 7.05 Å². The molecule has 0 aliphatic carbocycles. The van der Waals surface area contributed by atoms with Crippen LogP contribution in [0.2, 0.25) is 0 Å². The first-order valence-electron chi connectivity index (χ1n) is 7.57. The van der Waals surface area contributed by atoms with Gasteiger partial charge in [0.1, 0.15) is 5.82 Å². The maximum absolute atomic E-state index is 13.5. The van der Waals surface area contributed by atoms with Gasteiger partial charge in [-0.25, -0.2) is 4.39 Å². The van der Waals surface area contributed by atoms with Gasteiger partial charge in [-0.05, 0) is 56.6 Å². The highest BCUT2D eigenvalue weighted by molar-refractivity contribution is 5.31. The van der Waals surface area contributed by atoms with Gasteiger partial charge in [-0.2, -0.15) is 5.10 Å². The van der Waals surface area contributed by atoms with Gasteiger partial charge in [0.05, 0.1) is 5.69 Å². The van der Waals surface area contributed by atoms with Crippen LogP contribution in [-0.4, -0.2) is 16.8 Å². The standard InChI is InChI=1S/C17H24FN3/c1-5-14-10-15(21(6-2)20-14)11-17(19-4)16-9-13(18)8-7-12(16)3/h7-10,17,19H,5-6,11H2,1-4H3. The first-order chi connectivity index (χ1) is 10.1. The van der Waals surface area contributed by atoms with E-state index in [1.807, 2.05) is 24.7 Å². The summed E-state index contributed by atoms with van der Waals surface area (Å²) in [5.41, 5.74) is 4.42. The molecule has 1 aromatic carbocycles. The van der Waals surface area contributed by atoms with E-state index in [-0.39, 0.29) is 11.9 Å². The predicted octanol–water partition coefficient (Wildman–Crippen LogP) is 3.42. The second-order valence-corrected chi connectivity index (χ2v) is 5.34. The first kappa shape index (κ1) is 15.7. The number of benzene rings is 1. The zero-order chi connectivity index (χ0) is 15.4. The Morgan fingerprint density at radius 1 is 1.29 bits per heavy atom. The van der Waals surface area contributed by atoms with E-state index in [4.69, 9.17) is 0 Å². The van der Waals surface area contributed by atoms with Crippen molar-refractivity contribution in [1.29, 1.82) is 0 Å². The second-order valence-electron chi connectivity index (χ2n) is 5.34.